The third kappa shape index (κ3) is 3.15. The highest BCUT2D eigenvalue weighted by Crippen LogP contribution is 2.33. The summed E-state index contributed by atoms with van der Waals surface area (Å²) in [6, 6.07) is 7.54. The highest BCUT2D eigenvalue weighted by molar-refractivity contribution is 6.42. The minimum atomic E-state index is 0.484. The number of benzene rings is 1. The molecule has 0 bridgehead atoms. The molecule has 3 aromatic heterocycles. The summed E-state index contributed by atoms with van der Waals surface area (Å²) in [6.45, 7) is 3.96. The Labute approximate surface area is 166 Å². The number of hydrogen-bond donors (Lipinski definition) is 0. The maximum atomic E-state index is 6.25. The fourth-order valence-corrected chi connectivity index (χ4v) is 3.51. The number of rotatable bonds is 3. The fraction of sp³-hybridized carbons (Fsp3) is 0.211. The fourth-order valence-electron chi connectivity index (χ4n) is 3.22. The van der Waals surface area contributed by atoms with E-state index in [1.54, 1.807) is 15.4 Å². The maximum absolute atomic E-state index is 6.25. The zero-order valence-electron chi connectivity index (χ0n) is 15.4. The monoisotopic (exact) mass is 400 g/mol. The summed E-state index contributed by atoms with van der Waals surface area (Å²) < 4.78 is 5.46. The Kier molecular flexibility index (Phi) is 4.32. The maximum Gasteiger partial charge on any atom is 0.0968 e. The van der Waals surface area contributed by atoms with Gasteiger partial charge in [0.25, 0.3) is 0 Å². The smallest absolute Gasteiger partial charge is 0.0968 e. The zero-order valence-corrected chi connectivity index (χ0v) is 16.9. The van der Waals surface area contributed by atoms with E-state index in [9.17, 15) is 0 Å². The van der Waals surface area contributed by atoms with Gasteiger partial charge in [-0.25, -0.2) is 4.68 Å². The molecule has 0 unspecified atom stereocenters. The Morgan fingerprint density at radius 2 is 1.41 bits per heavy atom. The Morgan fingerprint density at radius 3 is 1.96 bits per heavy atom. The van der Waals surface area contributed by atoms with Crippen molar-refractivity contribution in [3.63, 3.8) is 0 Å². The average molecular weight is 401 g/mol. The molecule has 0 aliphatic rings. The van der Waals surface area contributed by atoms with Crippen molar-refractivity contribution in [2.24, 2.45) is 14.1 Å². The van der Waals surface area contributed by atoms with E-state index in [-0.39, 0.29) is 0 Å². The van der Waals surface area contributed by atoms with Gasteiger partial charge in [0, 0.05) is 37.6 Å². The third-order valence-electron chi connectivity index (χ3n) is 4.44. The van der Waals surface area contributed by atoms with Crippen LogP contribution in [0.4, 0.5) is 0 Å². The third-order valence-corrected chi connectivity index (χ3v) is 5.17. The zero-order chi connectivity index (χ0) is 19.3. The Morgan fingerprint density at radius 1 is 0.778 bits per heavy atom. The first kappa shape index (κ1) is 17.8. The molecule has 0 N–H and O–H groups in total. The van der Waals surface area contributed by atoms with Gasteiger partial charge in [-0.3, -0.25) is 9.36 Å². The molecule has 27 heavy (non-hydrogen) atoms. The molecule has 4 rings (SSSR count). The van der Waals surface area contributed by atoms with Crippen LogP contribution < -0.4 is 0 Å². The van der Waals surface area contributed by atoms with E-state index in [0.29, 0.717) is 10.0 Å². The molecule has 0 radical (unpaired) electrons. The lowest BCUT2D eigenvalue weighted by Crippen LogP contribution is -1.99. The molecule has 138 valence electrons. The highest BCUT2D eigenvalue weighted by Gasteiger charge is 2.19. The quantitative estimate of drug-likeness (QED) is 0.504. The molecule has 0 saturated heterocycles. The lowest BCUT2D eigenvalue weighted by molar-refractivity contribution is 0.756. The number of hydrogen-bond acceptors (Lipinski definition) is 3. The van der Waals surface area contributed by atoms with Gasteiger partial charge in [0.1, 0.15) is 0 Å². The second kappa shape index (κ2) is 6.55. The molecule has 0 spiro atoms. The van der Waals surface area contributed by atoms with E-state index in [1.165, 1.54) is 0 Å². The molecule has 0 atom stereocenters. The van der Waals surface area contributed by atoms with Crippen molar-refractivity contribution in [1.82, 2.24) is 29.3 Å². The van der Waals surface area contributed by atoms with Crippen molar-refractivity contribution in [2.75, 3.05) is 0 Å². The van der Waals surface area contributed by atoms with Gasteiger partial charge < -0.3 is 0 Å². The first-order valence-electron chi connectivity index (χ1n) is 8.40. The first-order chi connectivity index (χ1) is 12.8. The molecule has 6 nitrogen and oxygen atoms in total. The Bertz CT molecular complexity index is 1150. The van der Waals surface area contributed by atoms with Crippen LogP contribution in [0.3, 0.4) is 0 Å². The van der Waals surface area contributed by atoms with Crippen LogP contribution in [0.2, 0.25) is 10.0 Å². The van der Waals surface area contributed by atoms with Crippen molar-refractivity contribution in [3.8, 4) is 28.2 Å². The highest BCUT2D eigenvalue weighted by atomic mass is 35.5. The molecule has 1 aromatic carbocycles. The molecule has 0 saturated carbocycles. The van der Waals surface area contributed by atoms with Gasteiger partial charge in [0.2, 0.25) is 0 Å². The average Bonchev–Trinajstić information content (AvgIpc) is 3.26. The largest absolute Gasteiger partial charge is 0.275 e. The van der Waals surface area contributed by atoms with Crippen LogP contribution in [0.25, 0.3) is 28.2 Å². The van der Waals surface area contributed by atoms with Gasteiger partial charge in [0.15, 0.2) is 0 Å². The van der Waals surface area contributed by atoms with Gasteiger partial charge in [-0.2, -0.15) is 15.3 Å². The number of aryl methyl sites for hydroxylation is 4. The van der Waals surface area contributed by atoms with E-state index < -0.39 is 0 Å². The minimum Gasteiger partial charge on any atom is -0.275 e. The minimum absolute atomic E-state index is 0.484. The summed E-state index contributed by atoms with van der Waals surface area (Å²) in [7, 11) is 3.81. The topological polar surface area (TPSA) is 53.5 Å². The first-order valence-corrected chi connectivity index (χ1v) is 9.16. The predicted octanol–water partition coefficient (Wildman–Crippen LogP) is 4.60. The summed E-state index contributed by atoms with van der Waals surface area (Å²) in [5.41, 5.74) is 6.43. The van der Waals surface area contributed by atoms with Crippen LogP contribution >= 0.6 is 23.2 Å². The summed E-state index contributed by atoms with van der Waals surface area (Å²) in [5, 5.41) is 14.7. The van der Waals surface area contributed by atoms with Crippen LogP contribution in [0, 0.1) is 13.8 Å². The van der Waals surface area contributed by atoms with E-state index in [0.717, 1.165) is 39.6 Å². The van der Waals surface area contributed by atoms with Crippen LogP contribution in [-0.2, 0) is 14.1 Å². The number of aromatic nitrogens is 6. The van der Waals surface area contributed by atoms with E-state index >= 15 is 0 Å². The van der Waals surface area contributed by atoms with E-state index in [2.05, 4.69) is 16.3 Å². The van der Waals surface area contributed by atoms with Gasteiger partial charge >= 0.3 is 0 Å². The van der Waals surface area contributed by atoms with Gasteiger partial charge in [-0.1, -0.05) is 23.2 Å². The van der Waals surface area contributed by atoms with Gasteiger partial charge in [-0.05, 0) is 38.1 Å². The van der Waals surface area contributed by atoms with Crippen molar-refractivity contribution in [2.45, 2.75) is 13.8 Å². The van der Waals surface area contributed by atoms with Gasteiger partial charge in [-0.15, -0.1) is 0 Å². The molecule has 0 aliphatic carbocycles. The molecule has 0 fully saturated rings. The van der Waals surface area contributed by atoms with Crippen molar-refractivity contribution < 1.29 is 0 Å². The van der Waals surface area contributed by atoms with Crippen LogP contribution in [0.1, 0.15) is 11.4 Å². The Hall–Kier alpha value is -2.57. The normalized spacial score (nSPS) is 11.3. The van der Waals surface area contributed by atoms with Gasteiger partial charge in [0.05, 0.1) is 38.5 Å². The predicted molar refractivity (Wildman–Crippen MR) is 107 cm³/mol. The Balaban J connectivity index is 1.96. The van der Waals surface area contributed by atoms with E-state index in [4.69, 9.17) is 28.3 Å². The molecule has 0 aliphatic heterocycles. The van der Waals surface area contributed by atoms with Crippen LogP contribution in [0.15, 0.2) is 36.7 Å². The number of halogens is 2. The molecule has 8 heteroatoms. The van der Waals surface area contributed by atoms with Crippen LogP contribution in [-0.4, -0.2) is 29.3 Å². The molecule has 3 heterocycles. The summed E-state index contributed by atoms with van der Waals surface area (Å²) in [6.07, 6.45) is 3.96. The summed E-state index contributed by atoms with van der Waals surface area (Å²) in [4.78, 5) is 0. The molecular formula is C19H18Cl2N6. The summed E-state index contributed by atoms with van der Waals surface area (Å²) >= 11 is 12.3. The van der Waals surface area contributed by atoms with Crippen molar-refractivity contribution in [3.05, 3.63) is 58.1 Å². The summed E-state index contributed by atoms with van der Waals surface area (Å²) in [5.74, 6) is 0. The van der Waals surface area contributed by atoms with Crippen molar-refractivity contribution in [1.29, 1.82) is 0 Å². The second-order valence-electron chi connectivity index (χ2n) is 6.53. The standard InChI is InChI=1S/C19H18Cl2N6/c1-11-14(9-25(3)22-11)18-8-19(15-10-26(4)23-12(15)2)27(24-18)13-5-6-16(20)17(21)7-13/h5-10H,1-4H3. The SMILES string of the molecule is Cc1nn(C)cc1-c1cc(-c2cn(C)nc2C)n(-c2ccc(Cl)c(Cl)c2)n1. The molecule has 4 aromatic rings. The second-order valence-corrected chi connectivity index (χ2v) is 7.34. The molecule has 0 amide bonds. The molecular weight excluding hydrogens is 383 g/mol. The lowest BCUT2D eigenvalue weighted by atomic mass is 10.1. The number of nitrogens with zero attached hydrogens (tertiary/aromatic N) is 6. The van der Waals surface area contributed by atoms with Crippen LogP contribution in [0.5, 0.6) is 0 Å². The van der Waals surface area contributed by atoms with E-state index in [1.807, 2.05) is 57.2 Å². The lowest BCUT2D eigenvalue weighted by Gasteiger charge is -2.08. The van der Waals surface area contributed by atoms with Crippen molar-refractivity contribution >= 4 is 23.2 Å².